The second-order valence-electron chi connectivity index (χ2n) is 4.13. The van der Waals surface area contributed by atoms with Crippen molar-refractivity contribution >= 4 is 34.2 Å². The molecule has 106 valence electrons. The first-order valence-corrected chi connectivity index (χ1v) is 7.38. The number of halogens is 2. The highest BCUT2D eigenvalue weighted by Crippen LogP contribution is 2.41. The number of rotatable bonds is 4. The molecule has 0 spiro atoms. The minimum atomic E-state index is -0.804. The van der Waals surface area contributed by atoms with E-state index in [4.69, 9.17) is 21.1 Å². The van der Waals surface area contributed by atoms with Gasteiger partial charge in [-0.1, -0.05) is 29.8 Å². The zero-order chi connectivity index (χ0) is 14.7. The first-order valence-electron chi connectivity index (χ1n) is 5.93. The van der Waals surface area contributed by atoms with Gasteiger partial charge in [-0.3, -0.25) is 0 Å². The molecule has 0 aliphatic rings. The average Bonchev–Trinajstić information content (AvgIpc) is 2.46. The predicted octanol–water partition coefficient (Wildman–Crippen LogP) is 4.04. The van der Waals surface area contributed by atoms with Crippen molar-refractivity contribution in [3.63, 3.8) is 0 Å². The third-order valence-electron chi connectivity index (χ3n) is 3.01. The Morgan fingerprint density at radius 2 is 1.75 bits per heavy atom. The lowest BCUT2D eigenvalue weighted by Crippen LogP contribution is -2.05. The van der Waals surface area contributed by atoms with Crippen molar-refractivity contribution in [1.29, 1.82) is 0 Å². The highest BCUT2D eigenvalue weighted by molar-refractivity contribution is 14.1. The fourth-order valence-electron chi connectivity index (χ4n) is 2.00. The van der Waals surface area contributed by atoms with Gasteiger partial charge in [0, 0.05) is 9.13 Å². The number of benzene rings is 2. The fourth-order valence-corrected chi connectivity index (χ4v) is 3.01. The molecule has 2 aromatic carbocycles. The zero-order valence-electron chi connectivity index (χ0n) is 11.1. The minimum absolute atomic E-state index is 0.359. The Kier molecular flexibility index (Phi) is 5.12. The summed E-state index contributed by atoms with van der Waals surface area (Å²) in [5.74, 6) is 0.945. The molecule has 1 atom stereocenters. The molecule has 0 saturated carbocycles. The van der Waals surface area contributed by atoms with E-state index in [-0.39, 0.29) is 0 Å². The minimum Gasteiger partial charge on any atom is -0.495 e. The molecule has 2 aromatic rings. The third kappa shape index (κ3) is 2.87. The van der Waals surface area contributed by atoms with Crippen molar-refractivity contribution in [3.05, 3.63) is 56.1 Å². The van der Waals surface area contributed by atoms with Crippen LogP contribution in [0.2, 0.25) is 5.02 Å². The van der Waals surface area contributed by atoms with Crippen LogP contribution in [0.5, 0.6) is 11.5 Å². The Labute approximate surface area is 136 Å². The molecular weight excluding hydrogens is 391 g/mol. The molecule has 2 rings (SSSR count). The lowest BCUT2D eigenvalue weighted by Gasteiger charge is -2.18. The first-order chi connectivity index (χ1) is 9.60. The van der Waals surface area contributed by atoms with Crippen molar-refractivity contribution in [1.82, 2.24) is 0 Å². The van der Waals surface area contributed by atoms with Crippen LogP contribution in [-0.4, -0.2) is 19.3 Å². The standard InChI is InChI=1S/C15H14ClIO3/c1-19-12-8-7-10(15(20-2)13(12)16)14(18)9-5-3-4-6-11(9)17/h3-8,14,18H,1-2H3. The summed E-state index contributed by atoms with van der Waals surface area (Å²) in [6.45, 7) is 0. The summed E-state index contributed by atoms with van der Waals surface area (Å²) in [6, 6.07) is 11.1. The SMILES string of the molecule is COc1ccc(C(O)c2ccccc2I)c(OC)c1Cl. The largest absolute Gasteiger partial charge is 0.495 e. The van der Waals surface area contributed by atoms with Crippen LogP contribution in [-0.2, 0) is 0 Å². The quantitative estimate of drug-likeness (QED) is 0.782. The molecule has 0 radical (unpaired) electrons. The van der Waals surface area contributed by atoms with E-state index in [2.05, 4.69) is 22.6 Å². The lowest BCUT2D eigenvalue weighted by atomic mass is 10.0. The van der Waals surface area contributed by atoms with Crippen molar-refractivity contribution in [3.8, 4) is 11.5 Å². The average molecular weight is 405 g/mol. The van der Waals surface area contributed by atoms with Gasteiger partial charge in [-0.15, -0.1) is 0 Å². The smallest absolute Gasteiger partial charge is 0.147 e. The molecule has 3 nitrogen and oxygen atoms in total. The Morgan fingerprint density at radius 3 is 2.35 bits per heavy atom. The van der Waals surface area contributed by atoms with Gasteiger partial charge in [0.1, 0.15) is 22.6 Å². The van der Waals surface area contributed by atoms with Gasteiger partial charge in [-0.05, 0) is 46.4 Å². The Morgan fingerprint density at radius 1 is 1.05 bits per heavy atom. The summed E-state index contributed by atoms with van der Waals surface area (Å²) in [7, 11) is 3.06. The maximum absolute atomic E-state index is 10.6. The van der Waals surface area contributed by atoms with Crippen LogP contribution >= 0.6 is 34.2 Å². The summed E-state index contributed by atoms with van der Waals surface area (Å²) in [4.78, 5) is 0. The Balaban J connectivity index is 2.53. The van der Waals surface area contributed by atoms with E-state index in [1.165, 1.54) is 14.2 Å². The molecule has 0 bridgehead atoms. The monoisotopic (exact) mass is 404 g/mol. The maximum atomic E-state index is 10.6. The van der Waals surface area contributed by atoms with Crippen molar-refractivity contribution < 1.29 is 14.6 Å². The van der Waals surface area contributed by atoms with E-state index in [1.54, 1.807) is 12.1 Å². The van der Waals surface area contributed by atoms with Crippen LogP contribution in [0.1, 0.15) is 17.2 Å². The number of hydrogen-bond donors (Lipinski definition) is 1. The van der Waals surface area contributed by atoms with Crippen LogP contribution in [0.25, 0.3) is 0 Å². The van der Waals surface area contributed by atoms with Crippen LogP contribution in [0.3, 0.4) is 0 Å². The van der Waals surface area contributed by atoms with Gasteiger partial charge >= 0.3 is 0 Å². The van der Waals surface area contributed by atoms with Gasteiger partial charge in [0.2, 0.25) is 0 Å². The molecule has 0 heterocycles. The maximum Gasteiger partial charge on any atom is 0.147 e. The van der Waals surface area contributed by atoms with Gasteiger partial charge < -0.3 is 14.6 Å². The Hall–Kier alpha value is -0.980. The van der Waals surface area contributed by atoms with Gasteiger partial charge in [-0.25, -0.2) is 0 Å². The summed E-state index contributed by atoms with van der Waals surface area (Å²) in [6.07, 6.45) is -0.804. The highest BCUT2D eigenvalue weighted by atomic mass is 127. The molecule has 20 heavy (non-hydrogen) atoms. The molecular formula is C15H14ClIO3. The van der Waals surface area contributed by atoms with Crippen LogP contribution in [0.15, 0.2) is 36.4 Å². The second-order valence-corrected chi connectivity index (χ2v) is 5.67. The number of hydrogen-bond acceptors (Lipinski definition) is 3. The number of methoxy groups -OCH3 is 2. The van der Waals surface area contributed by atoms with E-state index >= 15 is 0 Å². The summed E-state index contributed by atoms with van der Waals surface area (Å²) >= 11 is 8.41. The van der Waals surface area contributed by atoms with Gasteiger partial charge in [0.15, 0.2) is 0 Å². The molecule has 1 N–H and O–H groups in total. The zero-order valence-corrected chi connectivity index (χ0v) is 14.0. The summed E-state index contributed by atoms with van der Waals surface area (Å²) in [5.41, 5.74) is 1.43. The normalized spacial score (nSPS) is 12.1. The van der Waals surface area contributed by atoms with E-state index in [0.29, 0.717) is 22.1 Å². The predicted molar refractivity (Wildman–Crippen MR) is 87.8 cm³/mol. The fraction of sp³-hybridized carbons (Fsp3) is 0.200. The van der Waals surface area contributed by atoms with Crippen molar-refractivity contribution in [2.24, 2.45) is 0 Å². The van der Waals surface area contributed by atoms with Gasteiger partial charge in [-0.2, -0.15) is 0 Å². The van der Waals surface area contributed by atoms with E-state index in [0.717, 1.165) is 9.13 Å². The molecule has 0 fully saturated rings. The number of ether oxygens (including phenoxy) is 2. The van der Waals surface area contributed by atoms with Gasteiger partial charge in [0.05, 0.1) is 14.2 Å². The van der Waals surface area contributed by atoms with Crippen LogP contribution in [0, 0.1) is 3.57 Å². The Bertz CT molecular complexity index is 616. The van der Waals surface area contributed by atoms with E-state index in [9.17, 15) is 5.11 Å². The molecule has 0 aromatic heterocycles. The molecule has 1 unspecified atom stereocenters. The number of aliphatic hydroxyl groups excluding tert-OH is 1. The summed E-state index contributed by atoms with van der Waals surface area (Å²) < 4.78 is 11.5. The van der Waals surface area contributed by atoms with Crippen molar-refractivity contribution in [2.75, 3.05) is 14.2 Å². The highest BCUT2D eigenvalue weighted by Gasteiger charge is 2.21. The van der Waals surface area contributed by atoms with Gasteiger partial charge in [0.25, 0.3) is 0 Å². The van der Waals surface area contributed by atoms with Crippen LogP contribution in [0.4, 0.5) is 0 Å². The second kappa shape index (κ2) is 6.65. The topological polar surface area (TPSA) is 38.7 Å². The molecule has 5 heteroatoms. The van der Waals surface area contributed by atoms with E-state index in [1.807, 2.05) is 24.3 Å². The molecule has 0 amide bonds. The summed E-state index contributed by atoms with van der Waals surface area (Å²) in [5, 5.41) is 10.9. The third-order valence-corrected chi connectivity index (χ3v) is 4.35. The molecule has 0 saturated heterocycles. The molecule has 0 aliphatic carbocycles. The number of aliphatic hydroxyl groups is 1. The first kappa shape index (κ1) is 15.4. The molecule has 0 aliphatic heterocycles. The lowest BCUT2D eigenvalue weighted by molar-refractivity contribution is 0.213. The van der Waals surface area contributed by atoms with E-state index < -0.39 is 6.10 Å². The van der Waals surface area contributed by atoms with Crippen molar-refractivity contribution in [2.45, 2.75) is 6.10 Å². The van der Waals surface area contributed by atoms with Crippen LogP contribution < -0.4 is 9.47 Å².